The molecule has 2 aromatic heterocycles. The molecule has 142 valence electrons. The van der Waals surface area contributed by atoms with Gasteiger partial charge in [-0.05, 0) is 57.0 Å². The smallest absolute Gasteiger partial charge is 0.253 e. The second kappa shape index (κ2) is 8.07. The van der Waals surface area contributed by atoms with Crippen LogP contribution in [-0.4, -0.2) is 33.9 Å². The van der Waals surface area contributed by atoms with Crippen molar-refractivity contribution < 1.29 is 4.79 Å². The van der Waals surface area contributed by atoms with Gasteiger partial charge in [-0.25, -0.2) is 4.98 Å². The van der Waals surface area contributed by atoms with E-state index in [-0.39, 0.29) is 5.91 Å². The van der Waals surface area contributed by atoms with Crippen LogP contribution in [0.3, 0.4) is 0 Å². The number of nitrogens with zero attached hydrogens (tertiary/aromatic N) is 3. The third-order valence-corrected chi connectivity index (χ3v) is 5.75. The van der Waals surface area contributed by atoms with Crippen molar-refractivity contribution in [2.24, 2.45) is 0 Å². The lowest BCUT2D eigenvalue weighted by molar-refractivity contribution is 0.0744. The van der Waals surface area contributed by atoms with E-state index in [0.29, 0.717) is 0 Å². The number of carbonyl (C=O) groups excluding carboxylic acids is 1. The van der Waals surface area contributed by atoms with E-state index in [1.165, 1.54) is 5.57 Å². The number of carbonyl (C=O) groups is 1. The Balaban J connectivity index is 1.44. The lowest BCUT2D eigenvalue weighted by atomic mass is 10.0. The highest BCUT2D eigenvalue weighted by Gasteiger charge is 2.21. The number of pyridine rings is 1. The van der Waals surface area contributed by atoms with E-state index in [1.54, 1.807) is 11.3 Å². The molecule has 1 aliphatic heterocycles. The zero-order valence-corrected chi connectivity index (χ0v) is 17.0. The summed E-state index contributed by atoms with van der Waals surface area (Å²) in [6.07, 6.45) is 3.96. The highest BCUT2D eigenvalue weighted by Crippen LogP contribution is 2.24. The van der Waals surface area contributed by atoms with E-state index in [1.807, 2.05) is 66.6 Å². The average molecular weight is 390 g/mol. The molecule has 0 unspecified atom stereocenters. The monoisotopic (exact) mass is 389 g/mol. The van der Waals surface area contributed by atoms with E-state index >= 15 is 0 Å². The number of hydrogen-bond acceptors (Lipinski definition) is 4. The summed E-state index contributed by atoms with van der Waals surface area (Å²) in [7, 11) is 0. The van der Waals surface area contributed by atoms with Gasteiger partial charge in [0, 0.05) is 35.3 Å². The van der Waals surface area contributed by atoms with Gasteiger partial charge in [-0.3, -0.25) is 9.78 Å². The first kappa shape index (κ1) is 18.6. The Labute approximate surface area is 169 Å². The SMILES string of the molecule is Cc1cccc(C=C2CCN(C(=O)c3cccc(-c4csc(C)n4)c3)CC2)n1. The van der Waals surface area contributed by atoms with Crippen molar-refractivity contribution in [1.29, 1.82) is 0 Å². The van der Waals surface area contributed by atoms with Crippen molar-refractivity contribution in [2.75, 3.05) is 13.1 Å². The summed E-state index contributed by atoms with van der Waals surface area (Å²) in [5, 5.41) is 3.07. The minimum absolute atomic E-state index is 0.0986. The van der Waals surface area contributed by atoms with Crippen molar-refractivity contribution in [1.82, 2.24) is 14.9 Å². The van der Waals surface area contributed by atoms with Gasteiger partial charge >= 0.3 is 0 Å². The number of piperidine rings is 1. The predicted octanol–water partition coefficient (Wildman–Crippen LogP) is 5.14. The minimum Gasteiger partial charge on any atom is -0.338 e. The molecule has 3 heterocycles. The number of rotatable bonds is 3. The number of aryl methyl sites for hydroxylation is 2. The fourth-order valence-electron chi connectivity index (χ4n) is 3.49. The Hall–Kier alpha value is -2.79. The summed E-state index contributed by atoms with van der Waals surface area (Å²) in [5.74, 6) is 0.0986. The van der Waals surface area contributed by atoms with Crippen LogP contribution < -0.4 is 0 Å². The summed E-state index contributed by atoms with van der Waals surface area (Å²) in [4.78, 5) is 24.0. The number of amides is 1. The highest BCUT2D eigenvalue weighted by molar-refractivity contribution is 7.09. The van der Waals surface area contributed by atoms with Crippen molar-refractivity contribution in [2.45, 2.75) is 26.7 Å². The minimum atomic E-state index is 0.0986. The fourth-order valence-corrected chi connectivity index (χ4v) is 4.11. The third-order valence-electron chi connectivity index (χ3n) is 4.98. The van der Waals surface area contributed by atoms with Crippen molar-refractivity contribution >= 4 is 23.3 Å². The second-order valence-corrected chi connectivity index (χ2v) is 8.19. The molecule has 0 radical (unpaired) electrons. The van der Waals surface area contributed by atoms with Crippen LogP contribution in [0, 0.1) is 13.8 Å². The molecule has 4 rings (SSSR count). The van der Waals surface area contributed by atoms with Gasteiger partial charge in [-0.1, -0.05) is 23.8 Å². The first-order valence-corrected chi connectivity index (χ1v) is 10.4. The van der Waals surface area contributed by atoms with Gasteiger partial charge in [-0.2, -0.15) is 0 Å². The Bertz CT molecular complexity index is 1030. The molecule has 0 aliphatic carbocycles. The molecule has 4 nitrogen and oxygen atoms in total. The second-order valence-electron chi connectivity index (χ2n) is 7.13. The van der Waals surface area contributed by atoms with Crippen LogP contribution in [0.15, 0.2) is 53.4 Å². The molecule has 0 saturated carbocycles. The first-order valence-electron chi connectivity index (χ1n) is 9.53. The fraction of sp³-hybridized carbons (Fsp3) is 0.261. The molecule has 5 heteroatoms. The summed E-state index contributed by atoms with van der Waals surface area (Å²) < 4.78 is 0. The quantitative estimate of drug-likeness (QED) is 0.623. The van der Waals surface area contributed by atoms with Crippen LogP contribution in [-0.2, 0) is 0 Å². The largest absolute Gasteiger partial charge is 0.338 e. The molecular weight excluding hydrogens is 366 g/mol. The Morgan fingerprint density at radius 1 is 1.07 bits per heavy atom. The van der Waals surface area contributed by atoms with Crippen LogP contribution in [0.1, 0.15) is 39.6 Å². The predicted molar refractivity (Wildman–Crippen MR) is 114 cm³/mol. The third kappa shape index (κ3) is 4.20. The van der Waals surface area contributed by atoms with E-state index in [0.717, 1.165) is 59.1 Å². The Kier molecular flexibility index (Phi) is 5.35. The molecule has 1 aromatic carbocycles. The zero-order valence-electron chi connectivity index (χ0n) is 16.2. The van der Waals surface area contributed by atoms with Gasteiger partial charge in [-0.15, -0.1) is 11.3 Å². The van der Waals surface area contributed by atoms with E-state index in [2.05, 4.69) is 16.0 Å². The van der Waals surface area contributed by atoms with Crippen LogP contribution in [0.4, 0.5) is 0 Å². The number of likely N-dealkylation sites (tertiary alicyclic amines) is 1. The van der Waals surface area contributed by atoms with Crippen molar-refractivity contribution in [3.8, 4) is 11.3 Å². The summed E-state index contributed by atoms with van der Waals surface area (Å²) >= 11 is 1.63. The van der Waals surface area contributed by atoms with Crippen molar-refractivity contribution in [3.05, 3.63) is 75.4 Å². The highest BCUT2D eigenvalue weighted by atomic mass is 32.1. The first-order chi connectivity index (χ1) is 13.6. The topological polar surface area (TPSA) is 46.1 Å². The molecule has 1 saturated heterocycles. The van der Waals surface area contributed by atoms with E-state index in [4.69, 9.17) is 0 Å². The maximum Gasteiger partial charge on any atom is 0.253 e. The number of thiazole rings is 1. The summed E-state index contributed by atoms with van der Waals surface area (Å²) in [6, 6.07) is 13.9. The average Bonchev–Trinajstić information content (AvgIpc) is 3.15. The lowest BCUT2D eigenvalue weighted by Gasteiger charge is -2.28. The molecule has 0 spiro atoms. The number of benzene rings is 1. The van der Waals surface area contributed by atoms with E-state index < -0.39 is 0 Å². The maximum atomic E-state index is 13.0. The van der Waals surface area contributed by atoms with Gasteiger partial charge in [0.1, 0.15) is 0 Å². The van der Waals surface area contributed by atoms with Gasteiger partial charge < -0.3 is 4.90 Å². The number of hydrogen-bond donors (Lipinski definition) is 0. The molecular formula is C23H23N3OS. The van der Waals surface area contributed by atoms with Gasteiger partial charge in [0.25, 0.3) is 5.91 Å². The van der Waals surface area contributed by atoms with Crippen LogP contribution in [0.5, 0.6) is 0 Å². The number of aromatic nitrogens is 2. The molecule has 3 aromatic rings. The van der Waals surface area contributed by atoms with E-state index in [9.17, 15) is 4.79 Å². The zero-order chi connectivity index (χ0) is 19.5. The van der Waals surface area contributed by atoms with Gasteiger partial charge in [0.05, 0.1) is 16.4 Å². The molecule has 0 N–H and O–H groups in total. The van der Waals surface area contributed by atoms with Crippen LogP contribution in [0.2, 0.25) is 0 Å². The summed E-state index contributed by atoms with van der Waals surface area (Å²) in [5.41, 5.74) is 6.05. The molecule has 0 bridgehead atoms. The van der Waals surface area contributed by atoms with Gasteiger partial charge in [0.2, 0.25) is 0 Å². The standard InChI is InChI=1S/C23H23N3OS/c1-16-5-3-8-21(24-16)13-18-9-11-26(12-10-18)23(27)20-7-4-6-19(14-20)22-15-28-17(2)25-22/h3-8,13-15H,9-12H2,1-2H3. The Morgan fingerprint density at radius 3 is 2.57 bits per heavy atom. The normalized spacial score (nSPS) is 14.2. The molecule has 1 aliphatic rings. The molecule has 1 amide bonds. The molecule has 1 fully saturated rings. The van der Waals surface area contributed by atoms with Crippen LogP contribution >= 0.6 is 11.3 Å². The molecule has 0 atom stereocenters. The summed E-state index contributed by atoms with van der Waals surface area (Å²) in [6.45, 7) is 5.49. The molecule has 28 heavy (non-hydrogen) atoms. The van der Waals surface area contributed by atoms with Crippen molar-refractivity contribution in [3.63, 3.8) is 0 Å². The lowest BCUT2D eigenvalue weighted by Crippen LogP contribution is -2.36. The Morgan fingerprint density at radius 2 is 1.86 bits per heavy atom. The maximum absolute atomic E-state index is 13.0. The van der Waals surface area contributed by atoms with Gasteiger partial charge in [0.15, 0.2) is 0 Å². The van der Waals surface area contributed by atoms with Crippen LogP contribution in [0.25, 0.3) is 17.3 Å².